The van der Waals surface area contributed by atoms with E-state index in [1.165, 1.54) is 11.3 Å². The van der Waals surface area contributed by atoms with Crippen LogP contribution < -0.4 is 5.32 Å². The zero-order valence-electron chi connectivity index (χ0n) is 13.0. The summed E-state index contributed by atoms with van der Waals surface area (Å²) < 4.78 is 0. The molecule has 0 aliphatic carbocycles. The van der Waals surface area contributed by atoms with Crippen molar-refractivity contribution in [1.82, 2.24) is 4.98 Å². The van der Waals surface area contributed by atoms with E-state index >= 15 is 0 Å². The summed E-state index contributed by atoms with van der Waals surface area (Å²) >= 11 is 31.6. The normalized spacial score (nSPS) is 10.8. The van der Waals surface area contributed by atoms with Gasteiger partial charge in [-0.1, -0.05) is 88.3 Å². The summed E-state index contributed by atoms with van der Waals surface area (Å²) in [6, 6.07) is 9.65. The van der Waals surface area contributed by atoms with E-state index in [4.69, 9.17) is 58.0 Å². The maximum Gasteiger partial charge on any atom is 0.260 e. The minimum absolute atomic E-state index is 0.00339. The number of hydrogen-bond donors (Lipinski definition) is 1. The molecule has 0 saturated carbocycles. The van der Waals surface area contributed by atoms with E-state index in [0.717, 1.165) is 16.1 Å². The molecule has 9 heteroatoms. The number of rotatable bonds is 3. The number of aromatic nitrogens is 1. The number of nitrogens with one attached hydrogen (secondary N) is 1. The number of carbonyl (C=O) groups excluding carboxylic acids is 1. The number of halogens is 5. The molecule has 26 heavy (non-hydrogen) atoms. The van der Waals surface area contributed by atoms with Crippen LogP contribution >= 0.6 is 69.3 Å². The third kappa shape index (κ3) is 3.68. The molecular weight excluding hydrogens is 458 g/mol. The van der Waals surface area contributed by atoms with Gasteiger partial charge in [-0.05, 0) is 6.92 Å². The number of anilines is 1. The summed E-state index contributed by atoms with van der Waals surface area (Å²) in [6.07, 6.45) is 0. The Morgan fingerprint density at radius 3 is 2.04 bits per heavy atom. The molecule has 0 radical (unpaired) electrons. The van der Waals surface area contributed by atoms with Crippen molar-refractivity contribution < 1.29 is 4.79 Å². The second kappa shape index (κ2) is 7.93. The fourth-order valence-electron chi connectivity index (χ4n) is 2.28. The molecule has 3 nitrogen and oxygen atoms in total. The number of aryl methyl sites for hydroxylation is 1. The Morgan fingerprint density at radius 2 is 1.46 bits per heavy atom. The van der Waals surface area contributed by atoms with Crippen LogP contribution in [0.3, 0.4) is 0 Å². The molecule has 0 aliphatic rings. The van der Waals surface area contributed by atoms with E-state index < -0.39 is 5.91 Å². The molecule has 1 aromatic heterocycles. The second-order valence-corrected chi connectivity index (χ2v) is 8.28. The predicted octanol–water partition coefficient (Wildman–Crippen LogP) is 7.64. The van der Waals surface area contributed by atoms with E-state index in [1.54, 1.807) is 0 Å². The molecule has 134 valence electrons. The third-order valence-electron chi connectivity index (χ3n) is 3.50. The molecule has 1 heterocycles. The van der Waals surface area contributed by atoms with Gasteiger partial charge in [0, 0.05) is 10.4 Å². The molecule has 1 N–H and O–H groups in total. The molecule has 1 amide bonds. The summed E-state index contributed by atoms with van der Waals surface area (Å²) in [5.41, 5.74) is 1.69. The number of nitrogens with zero attached hydrogens (tertiary/aromatic N) is 1. The van der Waals surface area contributed by atoms with Gasteiger partial charge in [-0.2, -0.15) is 0 Å². The van der Waals surface area contributed by atoms with Gasteiger partial charge in [-0.3, -0.25) is 10.1 Å². The lowest BCUT2D eigenvalue weighted by Crippen LogP contribution is -2.13. The quantitative estimate of drug-likeness (QED) is 0.318. The Balaban J connectivity index is 1.95. The minimum atomic E-state index is -0.575. The van der Waals surface area contributed by atoms with Gasteiger partial charge >= 0.3 is 0 Å². The predicted molar refractivity (Wildman–Crippen MR) is 112 cm³/mol. The van der Waals surface area contributed by atoms with Crippen LogP contribution in [-0.4, -0.2) is 10.9 Å². The summed E-state index contributed by atoms with van der Waals surface area (Å²) in [6.45, 7) is 1.92. The van der Waals surface area contributed by atoms with Crippen molar-refractivity contribution in [1.29, 1.82) is 0 Å². The third-order valence-corrected chi connectivity index (χ3v) is 6.66. The van der Waals surface area contributed by atoms with Crippen LogP contribution in [0.2, 0.25) is 25.1 Å². The van der Waals surface area contributed by atoms with Gasteiger partial charge in [0.15, 0.2) is 5.13 Å². The van der Waals surface area contributed by atoms with Gasteiger partial charge < -0.3 is 0 Å². The molecule has 3 rings (SSSR count). The lowest BCUT2D eigenvalue weighted by atomic mass is 10.1. The van der Waals surface area contributed by atoms with Crippen LogP contribution in [-0.2, 0) is 0 Å². The highest BCUT2D eigenvalue weighted by atomic mass is 35.5. The van der Waals surface area contributed by atoms with Gasteiger partial charge in [0.1, 0.15) is 0 Å². The van der Waals surface area contributed by atoms with Crippen molar-refractivity contribution in [3.63, 3.8) is 0 Å². The highest BCUT2D eigenvalue weighted by molar-refractivity contribution is 7.16. The lowest BCUT2D eigenvalue weighted by molar-refractivity contribution is 0.102. The molecular formula is C17H9Cl5N2OS. The maximum atomic E-state index is 12.7. The Morgan fingerprint density at radius 1 is 0.923 bits per heavy atom. The van der Waals surface area contributed by atoms with Crippen molar-refractivity contribution in [3.8, 4) is 11.3 Å². The summed E-state index contributed by atoms with van der Waals surface area (Å²) in [5, 5.41) is 2.88. The van der Waals surface area contributed by atoms with Crippen molar-refractivity contribution >= 4 is 80.4 Å². The first kappa shape index (κ1) is 19.7. The summed E-state index contributed by atoms with van der Waals surface area (Å²) in [4.78, 5) is 18.1. The molecule has 0 spiro atoms. The van der Waals surface area contributed by atoms with Crippen LogP contribution in [0, 0.1) is 6.92 Å². The van der Waals surface area contributed by atoms with Crippen molar-refractivity contribution in [2.45, 2.75) is 6.92 Å². The number of benzene rings is 2. The Labute approximate surface area is 178 Å². The number of thiazole rings is 1. The molecule has 2 aromatic carbocycles. The van der Waals surface area contributed by atoms with Crippen molar-refractivity contribution in [2.75, 3.05) is 5.32 Å². The van der Waals surface area contributed by atoms with E-state index in [-0.39, 0.29) is 30.7 Å². The standard InChI is InChI=1S/C17H9Cl5N2OS/c1-7-15(8-5-3-2-4-6-8)23-17(26-7)24-16(25)9-10(18)12(20)14(22)13(21)11(9)19/h2-6H,1H3,(H,23,24,25). The molecule has 0 bridgehead atoms. The van der Waals surface area contributed by atoms with Crippen LogP contribution in [0.25, 0.3) is 11.3 Å². The van der Waals surface area contributed by atoms with Crippen molar-refractivity contribution in [2.24, 2.45) is 0 Å². The van der Waals surface area contributed by atoms with Crippen LogP contribution in [0.5, 0.6) is 0 Å². The first-order chi connectivity index (χ1) is 12.3. The van der Waals surface area contributed by atoms with E-state index in [2.05, 4.69) is 10.3 Å². The summed E-state index contributed by atoms with van der Waals surface area (Å²) in [7, 11) is 0. The van der Waals surface area contributed by atoms with E-state index in [1.807, 2.05) is 37.3 Å². The second-order valence-electron chi connectivity index (χ2n) is 5.19. The maximum absolute atomic E-state index is 12.7. The van der Waals surface area contributed by atoms with Gasteiger partial charge in [0.2, 0.25) is 0 Å². The molecule has 0 atom stereocenters. The van der Waals surface area contributed by atoms with Gasteiger partial charge in [-0.25, -0.2) is 4.98 Å². The Hall–Kier alpha value is -1.01. The van der Waals surface area contributed by atoms with E-state index in [0.29, 0.717) is 5.13 Å². The van der Waals surface area contributed by atoms with Gasteiger partial charge in [-0.15, -0.1) is 11.3 Å². The van der Waals surface area contributed by atoms with E-state index in [9.17, 15) is 4.79 Å². The first-order valence-electron chi connectivity index (χ1n) is 7.17. The highest BCUT2D eigenvalue weighted by Crippen LogP contribution is 2.44. The fraction of sp³-hybridized carbons (Fsp3) is 0.0588. The zero-order chi connectivity index (χ0) is 19.0. The number of hydrogen-bond acceptors (Lipinski definition) is 3. The Kier molecular flexibility index (Phi) is 6.02. The van der Waals surface area contributed by atoms with Crippen LogP contribution in [0.1, 0.15) is 15.2 Å². The minimum Gasteiger partial charge on any atom is -0.298 e. The zero-order valence-corrected chi connectivity index (χ0v) is 17.6. The van der Waals surface area contributed by atoms with Gasteiger partial charge in [0.25, 0.3) is 5.91 Å². The molecule has 0 fully saturated rings. The number of carbonyl (C=O) groups is 1. The van der Waals surface area contributed by atoms with Crippen LogP contribution in [0.15, 0.2) is 30.3 Å². The highest BCUT2D eigenvalue weighted by Gasteiger charge is 2.25. The molecule has 0 saturated heterocycles. The monoisotopic (exact) mass is 464 g/mol. The smallest absolute Gasteiger partial charge is 0.260 e. The fourth-order valence-corrected chi connectivity index (χ4v) is 4.42. The largest absolute Gasteiger partial charge is 0.298 e. The molecule has 3 aromatic rings. The topological polar surface area (TPSA) is 42.0 Å². The summed E-state index contributed by atoms with van der Waals surface area (Å²) in [5.74, 6) is -0.575. The average Bonchev–Trinajstić information content (AvgIpc) is 2.99. The number of amides is 1. The lowest BCUT2D eigenvalue weighted by Gasteiger charge is -2.11. The molecule has 0 aliphatic heterocycles. The average molecular weight is 467 g/mol. The first-order valence-corrected chi connectivity index (χ1v) is 9.87. The van der Waals surface area contributed by atoms with Crippen molar-refractivity contribution in [3.05, 3.63) is 65.9 Å². The van der Waals surface area contributed by atoms with Crippen LogP contribution in [0.4, 0.5) is 5.13 Å². The molecule has 0 unspecified atom stereocenters. The van der Waals surface area contributed by atoms with Gasteiger partial charge in [0.05, 0.1) is 36.4 Å². The Bertz CT molecular complexity index is 975. The SMILES string of the molecule is Cc1sc(NC(=O)c2c(Cl)c(Cl)c(Cl)c(Cl)c2Cl)nc1-c1ccccc1.